The first kappa shape index (κ1) is 28.4. The minimum Gasteiger partial charge on any atom is -0.310 e. The Labute approximate surface area is 287 Å². The lowest BCUT2D eigenvalue weighted by Crippen LogP contribution is -2.30. The molecular weight excluding hydrogens is 593 g/mol. The van der Waals surface area contributed by atoms with Crippen molar-refractivity contribution in [3.8, 4) is 16.8 Å². The maximum atomic E-state index is 2.51. The molecule has 1 aliphatic heterocycles. The van der Waals surface area contributed by atoms with E-state index in [0.29, 0.717) is 0 Å². The number of nitrogens with zero attached hydrogens (tertiary/aromatic N) is 2. The van der Waals surface area contributed by atoms with Crippen LogP contribution in [0.2, 0.25) is 0 Å². The van der Waals surface area contributed by atoms with Gasteiger partial charge in [-0.3, -0.25) is 0 Å². The van der Waals surface area contributed by atoms with Gasteiger partial charge in [0.15, 0.2) is 0 Å². The second-order valence-electron chi connectivity index (χ2n) is 15.1. The van der Waals surface area contributed by atoms with E-state index in [-0.39, 0.29) is 10.8 Å². The number of hydrogen-bond donors (Lipinski definition) is 0. The van der Waals surface area contributed by atoms with Crippen LogP contribution in [0.1, 0.15) is 55.5 Å². The first-order valence-corrected chi connectivity index (χ1v) is 17.4. The van der Waals surface area contributed by atoms with E-state index < -0.39 is 0 Å². The summed E-state index contributed by atoms with van der Waals surface area (Å²) in [7, 11) is 0. The molecule has 1 aliphatic carbocycles. The summed E-state index contributed by atoms with van der Waals surface area (Å²) in [5.74, 6) is 0. The maximum Gasteiger partial charge on any atom is 0.0547 e. The molecule has 236 valence electrons. The zero-order valence-electron chi connectivity index (χ0n) is 28.7. The van der Waals surface area contributed by atoms with Gasteiger partial charge in [0.05, 0.1) is 28.1 Å². The molecule has 49 heavy (non-hydrogen) atoms. The lowest BCUT2D eigenvalue weighted by atomic mass is 9.73. The molecule has 0 radical (unpaired) electrons. The van der Waals surface area contributed by atoms with Crippen LogP contribution in [0, 0.1) is 6.92 Å². The molecule has 7 aromatic carbocycles. The first-order chi connectivity index (χ1) is 23.7. The first-order valence-electron chi connectivity index (χ1n) is 17.4. The van der Waals surface area contributed by atoms with E-state index >= 15 is 0 Å². The Balaban J connectivity index is 1.30. The Morgan fingerprint density at radius 2 is 1.04 bits per heavy atom. The zero-order valence-corrected chi connectivity index (χ0v) is 28.7. The monoisotopic (exact) mass is 630 g/mol. The Morgan fingerprint density at radius 1 is 0.429 bits per heavy atom. The van der Waals surface area contributed by atoms with E-state index in [2.05, 4.69) is 184 Å². The van der Waals surface area contributed by atoms with Gasteiger partial charge in [-0.05, 0) is 94.2 Å². The van der Waals surface area contributed by atoms with Crippen LogP contribution in [-0.2, 0) is 10.8 Å². The smallest absolute Gasteiger partial charge is 0.0547 e. The molecule has 0 atom stereocenters. The van der Waals surface area contributed by atoms with Gasteiger partial charge < -0.3 is 9.47 Å². The largest absolute Gasteiger partial charge is 0.310 e. The molecule has 2 heterocycles. The van der Waals surface area contributed by atoms with Gasteiger partial charge in [0.2, 0.25) is 0 Å². The van der Waals surface area contributed by atoms with Crippen molar-refractivity contribution in [2.45, 2.75) is 45.4 Å². The van der Waals surface area contributed by atoms with E-state index in [9.17, 15) is 0 Å². The van der Waals surface area contributed by atoms with Gasteiger partial charge in [0, 0.05) is 32.7 Å². The average molecular weight is 631 g/mol. The summed E-state index contributed by atoms with van der Waals surface area (Å²) in [6, 6.07) is 52.4. The number of aromatic nitrogens is 1. The summed E-state index contributed by atoms with van der Waals surface area (Å²) in [4.78, 5) is 2.48. The molecule has 0 unspecified atom stereocenters. The lowest BCUT2D eigenvalue weighted by Gasteiger charge is -2.42. The predicted octanol–water partition coefficient (Wildman–Crippen LogP) is 12.7. The Kier molecular flexibility index (Phi) is 5.65. The third-order valence-corrected chi connectivity index (χ3v) is 11.6. The predicted molar refractivity (Wildman–Crippen MR) is 207 cm³/mol. The third kappa shape index (κ3) is 3.77. The van der Waals surface area contributed by atoms with E-state index in [1.165, 1.54) is 94.3 Å². The average Bonchev–Trinajstić information content (AvgIpc) is 3.54. The lowest BCUT2D eigenvalue weighted by molar-refractivity contribution is 0.632. The van der Waals surface area contributed by atoms with Crippen molar-refractivity contribution in [1.29, 1.82) is 0 Å². The van der Waals surface area contributed by atoms with Crippen molar-refractivity contribution >= 4 is 49.6 Å². The van der Waals surface area contributed by atoms with Gasteiger partial charge in [0.1, 0.15) is 0 Å². The van der Waals surface area contributed by atoms with Crippen molar-refractivity contribution in [3.05, 3.63) is 167 Å². The fourth-order valence-electron chi connectivity index (χ4n) is 9.10. The molecule has 2 nitrogen and oxygen atoms in total. The van der Waals surface area contributed by atoms with Crippen molar-refractivity contribution in [2.24, 2.45) is 0 Å². The van der Waals surface area contributed by atoms with Crippen molar-refractivity contribution in [3.63, 3.8) is 0 Å². The molecule has 1 aromatic heterocycles. The van der Waals surface area contributed by atoms with Crippen LogP contribution in [-0.4, -0.2) is 4.57 Å². The molecule has 0 N–H and O–H groups in total. The molecule has 0 bridgehead atoms. The summed E-state index contributed by atoms with van der Waals surface area (Å²) in [5, 5.41) is 5.07. The van der Waals surface area contributed by atoms with Gasteiger partial charge in [-0.1, -0.05) is 124 Å². The summed E-state index contributed by atoms with van der Waals surface area (Å²) < 4.78 is 2.51. The summed E-state index contributed by atoms with van der Waals surface area (Å²) in [5.41, 5.74) is 16.7. The Morgan fingerprint density at radius 3 is 1.82 bits per heavy atom. The van der Waals surface area contributed by atoms with Crippen LogP contribution in [0.5, 0.6) is 0 Å². The van der Waals surface area contributed by atoms with Gasteiger partial charge in [0.25, 0.3) is 0 Å². The van der Waals surface area contributed by atoms with E-state index in [4.69, 9.17) is 0 Å². The highest BCUT2D eigenvalue weighted by Gasteiger charge is 2.38. The second-order valence-corrected chi connectivity index (χ2v) is 15.1. The molecule has 8 aromatic rings. The standard InChI is InChI=1S/C47H38N2/c1-29-21-23-33-34-28-45-36(27-40(34)47(4,5)39(33)25-29)35-26-31(22-24-42(35)49(45)41-20-12-14-30-13-6-7-15-32(30)41)48-43-18-10-8-16-37(43)46(2,3)38-17-9-11-19-44(38)48/h6-28H,1-5H3. The Hall–Kier alpha value is -5.60. The summed E-state index contributed by atoms with van der Waals surface area (Å²) in [6.45, 7) is 11.7. The molecule has 0 fully saturated rings. The minimum atomic E-state index is -0.0995. The zero-order chi connectivity index (χ0) is 33.2. The van der Waals surface area contributed by atoms with Gasteiger partial charge in [-0.2, -0.15) is 0 Å². The fraction of sp³-hybridized carbons (Fsp3) is 0.149. The van der Waals surface area contributed by atoms with Crippen LogP contribution in [0.25, 0.3) is 49.4 Å². The SMILES string of the molecule is Cc1ccc2c(c1)C(C)(C)c1cc3c4cc(N5c6ccccc6C(C)(C)c6ccccc65)ccc4n(-c4cccc5ccccc45)c3cc1-2. The van der Waals surface area contributed by atoms with Crippen molar-refractivity contribution in [1.82, 2.24) is 4.57 Å². The molecule has 2 heteroatoms. The molecule has 0 spiro atoms. The molecule has 10 rings (SSSR count). The molecule has 0 saturated carbocycles. The van der Waals surface area contributed by atoms with Gasteiger partial charge >= 0.3 is 0 Å². The summed E-state index contributed by atoms with van der Waals surface area (Å²) >= 11 is 0. The Bertz CT molecular complexity index is 2630. The quantitative estimate of drug-likeness (QED) is 0.184. The van der Waals surface area contributed by atoms with E-state index in [0.717, 1.165) is 0 Å². The third-order valence-electron chi connectivity index (χ3n) is 11.6. The number of hydrogen-bond acceptors (Lipinski definition) is 1. The number of rotatable bonds is 2. The highest BCUT2D eigenvalue weighted by molar-refractivity contribution is 6.14. The normalized spacial score (nSPS) is 15.3. The van der Waals surface area contributed by atoms with Gasteiger partial charge in [-0.25, -0.2) is 0 Å². The van der Waals surface area contributed by atoms with E-state index in [1.54, 1.807) is 0 Å². The molecule has 0 amide bonds. The highest BCUT2D eigenvalue weighted by atomic mass is 15.2. The highest BCUT2D eigenvalue weighted by Crippen LogP contribution is 2.54. The number of anilines is 3. The number of para-hydroxylation sites is 2. The van der Waals surface area contributed by atoms with Crippen LogP contribution >= 0.6 is 0 Å². The van der Waals surface area contributed by atoms with Crippen molar-refractivity contribution in [2.75, 3.05) is 4.90 Å². The summed E-state index contributed by atoms with van der Waals surface area (Å²) in [6.07, 6.45) is 0. The number of benzene rings is 7. The maximum absolute atomic E-state index is 2.51. The second kappa shape index (κ2) is 9.74. The topological polar surface area (TPSA) is 8.17 Å². The van der Waals surface area contributed by atoms with Crippen LogP contribution < -0.4 is 4.90 Å². The van der Waals surface area contributed by atoms with E-state index in [1.807, 2.05) is 0 Å². The molecule has 2 aliphatic rings. The molecular formula is C47H38N2. The van der Waals surface area contributed by atoms with Gasteiger partial charge in [-0.15, -0.1) is 0 Å². The number of aryl methyl sites for hydroxylation is 1. The fourth-order valence-corrected chi connectivity index (χ4v) is 9.10. The van der Waals surface area contributed by atoms with Crippen molar-refractivity contribution < 1.29 is 0 Å². The van der Waals surface area contributed by atoms with Crippen LogP contribution in [0.4, 0.5) is 17.1 Å². The number of fused-ring (bicyclic) bond motifs is 9. The van der Waals surface area contributed by atoms with Crippen LogP contribution in [0.15, 0.2) is 140 Å². The molecule has 0 saturated heterocycles. The van der Waals surface area contributed by atoms with Crippen LogP contribution in [0.3, 0.4) is 0 Å². The minimum absolute atomic E-state index is 0.0906.